The number of hydrogen-bond acceptors (Lipinski definition) is 3. The lowest BCUT2D eigenvalue weighted by Crippen LogP contribution is -2.52. The van der Waals surface area contributed by atoms with Crippen molar-refractivity contribution in [1.29, 1.82) is 0 Å². The lowest BCUT2D eigenvalue weighted by molar-refractivity contribution is 0.164. The molecule has 3 heteroatoms. The molecule has 0 aromatic heterocycles. The first-order valence-electron chi connectivity index (χ1n) is 7.68. The van der Waals surface area contributed by atoms with Gasteiger partial charge in [0.2, 0.25) is 0 Å². The van der Waals surface area contributed by atoms with E-state index in [2.05, 4.69) is 96.1 Å². The molecule has 0 amide bonds. The highest BCUT2D eigenvalue weighted by atomic mass is 15.4. The van der Waals surface area contributed by atoms with Gasteiger partial charge in [-0.3, -0.25) is 0 Å². The monoisotopic (exact) mass is 293 g/mol. The van der Waals surface area contributed by atoms with Crippen LogP contribution in [0.4, 0.5) is 5.69 Å². The minimum atomic E-state index is -0.177. The highest BCUT2D eigenvalue weighted by Crippen LogP contribution is 2.26. The van der Waals surface area contributed by atoms with Gasteiger partial charge in [-0.15, -0.1) is 0 Å². The molecule has 1 unspecified atom stereocenters. The van der Waals surface area contributed by atoms with Crippen molar-refractivity contribution in [1.82, 2.24) is 9.80 Å². The quantitative estimate of drug-likeness (QED) is 0.906. The summed E-state index contributed by atoms with van der Waals surface area (Å²) in [4.78, 5) is 4.54. The van der Waals surface area contributed by atoms with Crippen LogP contribution >= 0.6 is 0 Å². The van der Waals surface area contributed by atoms with Crippen LogP contribution in [0.5, 0.6) is 0 Å². The molecule has 0 saturated heterocycles. The van der Waals surface area contributed by atoms with Gasteiger partial charge in [-0.25, -0.2) is 0 Å². The normalized spacial score (nSPS) is 16.6. The number of nitrogens with one attached hydrogen (secondary N) is 1. The molecule has 0 radical (unpaired) electrons. The van der Waals surface area contributed by atoms with Gasteiger partial charge < -0.3 is 15.1 Å². The molecule has 0 fully saturated rings. The number of hydrogen-bond donors (Lipinski definition) is 1. The molecule has 1 aliphatic heterocycles. The van der Waals surface area contributed by atoms with E-state index >= 15 is 0 Å². The number of benzene rings is 2. The molecule has 0 bridgehead atoms. The van der Waals surface area contributed by atoms with E-state index in [1.807, 2.05) is 6.07 Å². The Morgan fingerprint density at radius 3 is 2.18 bits per heavy atom. The van der Waals surface area contributed by atoms with E-state index in [4.69, 9.17) is 0 Å². The van der Waals surface area contributed by atoms with Crippen molar-refractivity contribution in [2.24, 2.45) is 0 Å². The van der Waals surface area contributed by atoms with E-state index in [0.717, 1.165) is 18.8 Å². The summed E-state index contributed by atoms with van der Waals surface area (Å²) in [5.41, 5.74) is 2.30. The molecular formula is C19H23N3. The zero-order chi connectivity index (χ0) is 15.4. The number of rotatable bonds is 5. The Balaban J connectivity index is 1.86. The van der Waals surface area contributed by atoms with E-state index in [1.165, 1.54) is 5.56 Å². The van der Waals surface area contributed by atoms with Gasteiger partial charge in [0.05, 0.1) is 6.67 Å². The predicted octanol–water partition coefficient (Wildman–Crippen LogP) is 3.73. The highest BCUT2D eigenvalue weighted by molar-refractivity contribution is 5.45. The second-order valence-electron chi connectivity index (χ2n) is 6.09. The minimum absolute atomic E-state index is 0.177. The van der Waals surface area contributed by atoms with Gasteiger partial charge in [0.15, 0.2) is 0 Å². The van der Waals surface area contributed by atoms with Crippen LogP contribution in [0.3, 0.4) is 0 Å². The van der Waals surface area contributed by atoms with Gasteiger partial charge in [0.25, 0.3) is 0 Å². The average Bonchev–Trinajstić information content (AvgIpc) is 2.96. The summed E-state index contributed by atoms with van der Waals surface area (Å²) in [6.07, 6.45) is 5.22. The third kappa shape index (κ3) is 3.25. The van der Waals surface area contributed by atoms with Gasteiger partial charge in [-0.2, -0.15) is 0 Å². The van der Waals surface area contributed by atoms with Gasteiger partial charge in [0.1, 0.15) is 5.66 Å². The number of para-hydroxylation sites is 1. The van der Waals surface area contributed by atoms with Crippen molar-refractivity contribution in [3.05, 3.63) is 78.6 Å². The molecule has 3 nitrogen and oxygen atoms in total. The summed E-state index contributed by atoms with van der Waals surface area (Å²) in [6, 6.07) is 21.1. The Morgan fingerprint density at radius 1 is 0.955 bits per heavy atom. The zero-order valence-corrected chi connectivity index (χ0v) is 13.2. The van der Waals surface area contributed by atoms with Crippen LogP contribution in [0.1, 0.15) is 12.5 Å². The predicted molar refractivity (Wildman–Crippen MR) is 92.2 cm³/mol. The molecule has 1 N–H and O–H groups in total. The topological polar surface area (TPSA) is 18.5 Å². The molecule has 2 aromatic carbocycles. The molecule has 1 aliphatic rings. The van der Waals surface area contributed by atoms with E-state index < -0.39 is 0 Å². The number of nitrogens with zero attached hydrogens (tertiary/aromatic N) is 2. The van der Waals surface area contributed by atoms with Gasteiger partial charge in [-0.05, 0) is 24.6 Å². The molecule has 22 heavy (non-hydrogen) atoms. The Hall–Kier alpha value is -2.42. The summed E-state index contributed by atoms with van der Waals surface area (Å²) in [7, 11) is 2.10. The summed E-state index contributed by atoms with van der Waals surface area (Å²) in [5.74, 6) is 0. The maximum atomic E-state index is 3.71. The Kier molecular flexibility index (Phi) is 4.05. The summed E-state index contributed by atoms with van der Waals surface area (Å²) >= 11 is 0. The van der Waals surface area contributed by atoms with Crippen LogP contribution in [0.2, 0.25) is 0 Å². The summed E-state index contributed by atoms with van der Waals surface area (Å²) in [6.45, 7) is 3.15. The Bertz CT molecular complexity index is 580. The van der Waals surface area contributed by atoms with Crippen LogP contribution in [-0.4, -0.2) is 29.2 Å². The fraction of sp³-hybridized carbons (Fsp3) is 0.263. The van der Waals surface area contributed by atoms with Gasteiger partial charge >= 0.3 is 0 Å². The van der Waals surface area contributed by atoms with Crippen molar-refractivity contribution < 1.29 is 0 Å². The van der Waals surface area contributed by atoms with Gasteiger partial charge in [-0.1, -0.05) is 48.5 Å². The second-order valence-corrected chi connectivity index (χ2v) is 6.09. The largest absolute Gasteiger partial charge is 0.363 e. The summed E-state index contributed by atoms with van der Waals surface area (Å²) < 4.78 is 0. The molecule has 1 atom stereocenters. The SMILES string of the molecule is CN1C=CN(C(C)(Cc2ccccc2)Nc2ccccc2)C1. The lowest BCUT2D eigenvalue weighted by Gasteiger charge is -2.41. The number of anilines is 1. The van der Waals surface area contributed by atoms with Crippen LogP contribution < -0.4 is 5.32 Å². The van der Waals surface area contributed by atoms with Crippen LogP contribution in [-0.2, 0) is 6.42 Å². The van der Waals surface area contributed by atoms with Crippen molar-refractivity contribution in [3.8, 4) is 0 Å². The maximum absolute atomic E-state index is 3.71. The molecule has 0 spiro atoms. The smallest absolute Gasteiger partial charge is 0.113 e. The fourth-order valence-corrected chi connectivity index (χ4v) is 2.89. The molecule has 1 heterocycles. The molecule has 0 saturated carbocycles. The minimum Gasteiger partial charge on any atom is -0.363 e. The Labute approximate surface area is 132 Å². The van der Waals surface area contributed by atoms with Crippen LogP contribution in [0.25, 0.3) is 0 Å². The zero-order valence-electron chi connectivity index (χ0n) is 13.2. The molecule has 0 aliphatic carbocycles. The fourth-order valence-electron chi connectivity index (χ4n) is 2.89. The average molecular weight is 293 g/mol. The lowest BCUT2D eigenvalue weighted by atomic mass is 9.99. The Morgan fingerprint density at radius 2 is 1.59 bits per heavy atom. The van der Waals surface area contributed by atoms with Crippen LogP contribution in [0, 0.1) is 0 Å². The first kappa shape index (κ1) is 14.5. The summed E-state index contributed by atoms with van der Waals surface area (Å²) in [5, 5.41) is 3.71. The third-order valence-corrected chi connectivity index (χ3v) is 4.09. The molecule has 3 rings (SSSR count). The van der Waals surface area contributed by atoms with E-state index in [0.29, 0.717) is 0 Å². The van der Waals surface area contributed by atoms with Crippen molar-refractivity contribution in [3.63, 3.8) is 0 Å². The molecular weight excluding hydrogens is 270 g/mol. The third-order valence-electron chi connectivity index (χ3n) is 4.09. The van der Waals surface area contributed by atoms with Crippen molar-refractivity contribution in [2.75, 3.05) is 19.0 Å². The first-order valence-corrected chi connectivity index (χ1v) is 7.68. The van der Waals surface area contributed by atoms with E-state index in [-0.39, 0.29) is 5.66 Å². The highest BCUT2D eigenvalue weighted by Gasteiger charge is 2.32. The molecule has 114 valence electrons. The maximum Gasteiger partial charge on any atom is 0.113 e. The second kappa shape index (κ2) is 6.14. The van der Waals surface area contributed by atoms with Crippen molar-refractivity contribution in [2.45, 2.75) is 19.0 Å². The van der Waals surface area contributed by atoms with Crippen molar-refractivity contribution >= 4 is 5.69 Å². The van der Waals surface area contributed by atoms with Crippen LogP contribution in [0.15, 0.2) is 73.1 Å². The molecule has 2 aromatic rings. The first-order chi connectivity index (χ1) is 10.7. The van der Waals surface area contributed by atoms with E-state index in [9.17, 15) is 0 Å². The standard InChI is InChI=1S/C19H23N3/c1-19(22-14-13-21(2)16-22,15-17-9-5-3-6-10-17)20-18-11-7-4-8-12-18/h3-14,20H,15-16H2,1-2H3. The van der Waals surface area contributed by atoms with Gasteiger partial charge in [0, 0.05) is 31.6 Å². The van der Waals surface area contributed by atoms with E-state index in [1.54, 1.807) is 0 Å².